The van der Waals surface area contributed by atoms with Crippen LogP contribution in [0.3, 0.4) is 0 Å². The average Bonchev–Trinajstić information content (AvgIpc) is 2.87. The molecule has 1 N–H and O–H groups in total. The van der Waals surface area contributed by atoms with Crippen LogP contribution in [0.5, 0.6) is 0 Å². The van der Waals surface area contributed by atoms with Crippen molar-refractivity contribution in [1.29, 1.82) is 0 Å². The second-order valence-corrected chi connectivity index (χ2v) is 5.41. The SMILES string of the molecule is CCc1nsc(NC2CCCc3ccccc32)n1. The molecule has 1 aromatic heterocycles. The highest BCUT2D eigenvalue weighted by Gasteiger charge is 2.20. The summed E-state index contributed by atoms with van der Waals surface area (Å²) in [5.41, 5.74) is 2.90. The zero-order chi connectivity index (χ0) is 12.4. The van der Waals surface area contributed by atoms with E-state index in [9.17, 15) is 0 Å². The number of aromatic nitrogens is 2. The standard InChI is InChI=1S/C14H17N3S/c1-2-13-16-14(18-17-13)15-12-9-5-7-10-6-3-4-8-11(10)12/h3-4,6,8,12H,2,5,7,9H2,1H3,(H,15,16,17). The van der Waals surface area contributed by atoms with E-state index in [-0.39, 0.29) is 0 Å². The molecule has 3 rings (SSSR count). The fourth-order valence-electron chi connectivity index (χ4n) is 2.51. The molecule has 1 heterocycles. The lowest BCUT2D eigenvalue weighted by Gasteiger charge is -2.25. The first-order chi connectivity index (χ1) is 8.86. The largest absolute Gasteiger partial charge is 0.353 e. The third-order valence-corrected chi connectivity index (χ3v) is 4.14. The van der Waals surface area contributed by atoms with Gasteiger partial charge >= 0.3 is 0 Å². The summed E-state index contributed by atoms with van der Waals surface area (Å²) in [5.74, 6) is 0.937. The Hall–Kier alpha value is -1.42. The first-order valence-corrected chi connectivity index (χ1v) is 7.31. The Kier molecular flexibility index (Phi) is 3.28. The topological polar surface area (TPSA) is 37.8 Å². The van der Waals surface area contributed by atoms with E-state index in [1.165, 1.54) is 41.9 Å². The monoisotopic (exact) mass is 259 g/mol. The van der Waals surface area contributed by atoms with E-state index < -0.39 is 0 Å². The van der Waals surface area contributed by atoms with E-state index >= 15 is 0 Å². The number of benzene rings is 1. The molecule has 1 aromatic carbocycles. The molecule has 1 aliphatic carbocycles. The Bertz CT molecular complexity index is 535. The van der Waals surface area contributed by atoms with Crippen molar-refractivity contribution in [3.63, 3.8) is 0 Å². The van der Waals surface area contributed by atoms with Gasteiger partial charge in [-0.15, -0.1) is 0 Å². The fraction of sp³-hybridized carbons (Fsp3) is 0.429. The molecule has 0 saturated carbocycles. The van der Waals surface area contributed by atoms with Crippen LogP contribution in [0.4, 0.5) is 5.13 Å². The number of fused-ring (bicyclic) bond motifs is 1. The van der Waals surface area contributed by atoms with Gasteiger partial charge in [0.1, 0.15) is 5.82 Å². The van der Waals surface area contributed by atoms with E-state index in [2.05, 4.69) is 45.9 Å². The Balaban J connectivity index is 1.81. The number of rotatable bonds is 3. The van der Waals surface area contributed by atoms with Crippen LogP contribution in [0.15, 0.2) is 24.3 Å². The van der Waals surface area contributed by atoms with Crippen molar-refractivity contribution in [1.82, 2.24) is 9.36 Å². The molecule has 0 amide bonds. The lowest BCUT2D eigenvalue weighted by Crippen LogP contribution is -2.17. The Labute approximate surface area is 111 Å². The Morgan fingerprint density at radius 1 is 1.39 bits per heavy atom. The van der Waals surface area contributed by atoms with Crippen molar-refractivity contribution >= 4 is 16.7 Å². The highest BCUT2D eigenvalue weighted by atomic mass is 32.1. The predicted octanol–water partition coefficient (Wildman–Crippen LogP) is 3.59. The van der Waals surface area contributed by atoms with Gasteiger partial charge in [0.15, 0.2) is 0 Å². The van der Waals surface area contributed by atoms with Crippen molar-refractivity contribution in [3.8, 4) is 0 Å². The summed E-state index contributed by atoms with van der Waals surface area (Å²) in [6, 6.07) is 9.11. The summed E-state index contributed by atoms with van der Waals surface area (Å²) >= 11 is 1.47. The maximum Gasteiger partial charge on any atom is 0.203 e. The average molecular weight is 259 g/mol. The van der Waals surface area contributed by atoms with Gasteiger partial charge in [-0.3, -0.25) is 0 Å². The van der Waals surface area contributed by atoms with Crippen LogP contribution in [0.2, 0.25) is 0 Å². The van der Waals surface area contributed by atoms with E-state index in [1.807, 2.05) is 0 Å². The molecule has 18 heavy (non-hydrogen) atoms. The molecule has 1 aliphatic rings. The van der Waals surface area contributed by atoms with Gasteiger partial charge in [0, 0.05) is 18.0 Å². The van der Waals surface area contributed by atoms with Gasteiger partial charge in [-0.2, -0.15) is 4.37 Å². The number of hydrogen-bond donors (Lipinski definition) is 1. The Morgan fingerprint density at radius 3 is 3.11 bits per heavy atom. The van der Waals surface area contributed by atoms with Crippen molar-refractivity contribution < 1.29 is 0 Å². The molecular weight excluding hydrogens is 242 g/mol. The summed E-state index contributed by atoms with van der Waals surface area (Å²) in [5, 5.41) is 4.49. The molecule has 2 aromatic rings. The molecule has 0 bridgehead atoms. The number of anilines is 1. The minimum atomic E-state index is 0.396. The normalized spacial score (nSPS) is 18.4. The fourth-order valence-corrected chi connectivity index (χ4v) is 3.21. The van der Waals surface area contributed by atoms with Gasteiger partial charge in [0.05, 0.1) is 6.04 Å². The summed E-state index contributed by atoms with van der Waals surface area (Å²) in [4.78, 5) is 4.49. The highest BCUT2D eigenvalue weighted by Crippen LogP contribution is 2.32. The van der Waals surface area contributed by atoms with Gasteiger partial charge in [-0.05, 0) is 30.4 Å². The van der Waals surface area contributed by atoms with Crippen molar-refractivity contribution in [2.24, 2.45) is 0 Å². The molecule has 0 spiro atoms. The zero-order valence-electron chi connectivity index (χ0n) is 10.5. The van der Waals surface area contributed by atoms with E-state index in [0.29, 0.717) is 6.04 Å². The van der Waals surface area contributed by atoms with E-state index in [1.54, 1.807) is 0 Å². The molecule has 0 radical (unpaired) electrons. The van der Waals surface area contributed by atoms with Crippen LogP contribution >= 0.6 is 11.5 Å². The molecule has 1 atom stereocenters. The molecule has 0 fully saturated rings. The van der Waals surface area contributed by atoms with Crippen LogP contribution in [-0.4, -0.2) is 9.36 Å². The second kappa shape index (κ2) is 5.06. The van der Waals surface area contributed by atoms with Crippen LogP contribution in [0, 0.1) is 0 Å². The maximum absolute atomic E-state index is 4.49. The third kappa shape index (κ3) is 2.25. The zero-order valence-corrected chi connectivity index (χ0v) is 11.3. The second-order valence-electron chi connectivity index (χ2n) is 4.66. The van der Waals surface area contributed by atoms with Gasteiger partial charge in [-0.25, -0.2) is 4.98 Å². The minimum Gasteiger partial charge on any atom is -0.353 e. The molecule has 1 unspecified atom stereocenters. The third-order valence-electron chi connectivity index (χ3n) is 3.45. The summed E-state index contributed by atoms with van der Waals surface area (Å²) in [7, 11) is 0. The van der Waals surface area contributed by atoms with Gasteiger partial charge in [0.25, 0.3) is 0 Å². The molecule has 4 heteroatoms. The molecule has 0 saturated heterocycles. The molecule has 3 nitrogen and oxygen atoms in total. The number of nitrogens with zero attached hydrogens (tertiary/aromatic N) is 2. The summed E-state index contributed by atoms with van der Waals surface area (Å²) < 4.78 is 4.32. The van der Waals surface area contributed by atoms with Gasteiger partial charge < -0.3 is 5.32 Å². The summed E-state index contributed by atoms with van der Waals surface area (Å²) in [6.07, 6.45) is 4.52. The van der Waals surface area contributed by atoms with Gasteiger partial charge in [0.2, 0.25) is 5.13 Å². The maximum atomic E-state index is 4.49. The minimum absolute atomic E-state index is 0.396. The predicted molar refractivity (Wildman–Crippen MR) is 75.0 cm³/mol. The molecule has 94 valence electrons. The van der Waals surface area contributed by atoms with Crippen molar-refractivity contribution in [2.45, 2.75) is 38.6 Å². The van der Waals surface area contributed by atoms with Crippen LogP contribution < -0.4 is 5.32 Å². The summed E-state index contributed by atoms with van der Waals surface area (Å²) in [6.45, 7) is 2.09. The Morgan fingerprint density at radius 2 is 2.28 bits per heavy atom. The van der Waals surface area contributed by atoms with Gasteiger partial charge in [-0.1, -0.05) is 31.2 Å². The van der Waals surface area contributed by atoms with Crippen molar-refractivity contribution in [3.05, 3.63) is 41.2 Å². The van der Waals surface area contributed by atoms with E-state index in [4.69, 9.17) is 0 Å². The van der Waals surface area contributed by atoms with Crippen LogP contribution in [-0.2, 0) is 12.8 Å². The number of aryl methyl sites for hydroxylation is 2. The van der Waals surface area contributed by atoms with Crippen molar-refractivity contribution in [2.75, 3.05) is 5.32 Å². The highest BCUT2D eigenvalue weighted by molar-refractivity contribution is 7.09. The number of hydrogen-bond acceptors (Lipinski definition) is 4. The molecule has 0 aliphatic heterocycles. The lowest BCUT2D eigenvalue weighted by molar-refractivity contribution is 0.600. The lowest BCUT2D eigenvalue weighted by atomic mass is 9.88. The molecular formula is C14H17N3S. The van der Waals surface area contributed by atoms with E-state index in [0.717, 1.165) is 17.4 Å². The van der Waals surface area contributed by atoms with Crippen LogP contribution in [0.25, 0.3) is 0 Å². The quantitative estimate of drug-likeness (QED) is 0.915. The first-order valence-electron chi connectivity index (χ1n) is 6.53. The number of nitrogens with one attached hydrogen (secondary N) is 1. The smallest absolute Gasteiger partial charge is 0.203 e. The first kappa shape index (κ1) is 11.7. The van der Waals surface area contributed by atoms with Crippen LogP contribution in [0.1, 0.15) is 42.8 Å².